The fraction of sp³-hybridized carbons (Fsp3) is 0.217. The number of nitrogens with two attached hydrogens (primary N) is 1. The molecule has 3 aromatic rings. The molecular weight excluding hydrogens is 494 g/mol. The van der Waals surface area contributed by atoms with Gasteiger partial charge in [0.05, 0.1) is 4.47 Å². The van der Waals surface area contributed by atoms with Gasteiger partial charge in [0.15, 0.2) is 0 Å². The molecule has 4 rings (SSSR count). The quantitative estimate of drug-likeness (QED) is 0.452. The second-order valence-corrected chi connectivity index (χ2v) is 8.82. The third-order valence-electron chi connectivity index (χ3n) is 5.14. The molecule has 0 radical (unpaired) electrons. The zero-order valence-corrected chi connectivity index (χ0v) is 18.9. The molecule has 6 heteroatoms. The van der Waals surface area contributed by atoms with Gasteiger partial charge in [0, 0.05) is 15.7 Å². The summed E-state index contributed by atoms with van der Waals surface area (Å²) in [4.78, 5) is 4.50. The molecule has 0 saturated heterocycles. The van der Waals surface area contributed by atoms with Crippen LogP contribution < -0.4 is 10.5 Å². The molecule has 2 N–H and O–H groups in total. The molecule has 0 atom stereocenters. The van der Waals surface area contributed by atoms with Crippen LogP contribution in [0.1, 0.15) is 35.2 Å². The van der Waals surface area contributed by atoms with Crippen LogP contribution >= 0.6 is 31.9 Å². The van der Waals surface area contributed by atoms with Crippen LogP contribution in [0.4, 0.5) is 5.82 Å². The lowest BCUT2D eigenvalue weighted by atomic mass is 9.86. The summed E-state index contributed by atoms with van der Waals surface area (Å²) in [5.41, 5.74) is 11.7. The molecule has 29 heavy (non-hydrogen) atoms. The summed E-state index contributed by atoms with van der Waals surface area (Å²) in [6.45, 7) is 0.478. The number of ether oxygens (including phenoxy) is 1. The Morgan fingerprint density at radius 1 is 1.07 bits per heavy atom. The monoisotopic (exact) mass is 511 g/mol. The van der Waals surface area contributed by atoms with Gasteiger partial charge in [-0.25, -0.2) is 4.98 Å². The highest BCUT2D eigenvalue weighted by Crippen LogP contribution is 2.38. The zero-order chi connectivity index (χ0) is 20.4. The number of rotatable bonds is 4. The Bertz CT molecular complexity index is 1100. The second-order valence-electron chi connectivity index (χ2n) is 7.05. The lowest BCUT2D eigenvalue weighted by Crippen LogP contribution is -2.11. The first-order valence-corrected chi connectivity index (χ1v) is 11.0. The average molecular weight is 513 g/mol. The van der Waals surface area contributed by atoms with Crippen molar-refractivity contribution in [3.63, 3.8) is 0 Å². The predicted molar refractivity (Wildman–Crippen MR) is 122 cm³/mol. The smallest absolute Gasteiger partial charge is 0.142 e. The van der Waals surface area contributed by atoms with Crippen LogP contribution in [-0.4, -0.2) is 4.98 Å². The SMILES string of the molecule is N#Cc1c(N)nc2c(c1-c1ccc(OCc3ccc(Br)cc3)c(Br)c1)CCCC2. The molecule has 4 nitrogen and oxygen atoms in total. The number of nitriles is 1. The van der Waals surface area contributed by atoms with Crippen molar-refractivity contribution in [1.29, 1.82) is 5.26 Å². The van der Waals surface area contributed by atoms with Crippen molar-refractivity contribution in [3.8, 4) is 22.9 Å². The number of nitrogens with zero attached hydrogens (tertiary/aromatic N) is 2. The molecular formula is C23H19Br2N3O. The van der Waals surface area contributed by atoms with Crippen molar-refractivity contribution in [2.45, 2.75) is 32.3 Å². The molecule has 0 amide bonds. The van der Waals surface area contributed by atoms with E-state index in [1.165, 1.54) is 0 Å². The lowest BCUT2D eigenvalue weighted by Gasteiger charge is -2.21. The third-order valence-corrected chi connectivity index (χ3v) is 6.29. The van der Waals surface area contributed by atoms with Crippen molar-refractivity contribution in [2.75, 3.05) is 5.73 Å². The van der Waals surface area contributed by atoms with Crippen molar-refractivity contribution in [2.24, 2.45) is 0 Å². The van der Waals surface area contributed by atoms with E-state index >= 15 is 0 Å². The van der Waals surface area contributed by atoms with Crippen LogP contribution in [0.15, 0.2) is 51.4 Å². The van der Waals surface area contributed by atoms with E-state index in [2.05, 4.69) is 42.9 Å². The normalized spacial score (nSPS) is 12.9. The predicted octanol–water partition coefficient (Wildman–Crippen LogP) is 6.19. The lowest BCUT2D eigenvalue weighted by molar-refractivity contribution is 0.304. The minimum atomic E-state index is 0.315. The molecule has 1 heterocycles. The van der Waals surface area contributed by atoms with E-state index < -0.39 is 0 Å². The van der Waals surface area contributed by atoms with Crippen LogP contribution in [-0.2, 0) is 19.4 Å². The maximum absolute atomic E-state index is 9.71. The standard InChI is InChI=1S/C23H19Br2N3O/c24-16-8-5-14(6-9-16)13-29-21-10-7-15(11-19(21)25)22-17-3-1-2-4-20(17)28-23(27)18(22)12-26/h5-11H,1-4,13H2,(H2,27,28). The Labute approximate surface area is 187 Å². The highest BCUT2D eigenvalue weighted by atomic mass is 79.9. The van der Waals surface area contributed by atoms with E-state index in [1.54, 1.807) is 0 Å². The van der Waals surface area contributed by atoms with Gasteiger partial charge >= 0.3 is 0 Å². The number of aromatic nitrogens is 1. The fourth-order valence-corrected chi connectivity index (χ4v) is 4.47. The molecule has 0 saturated carbocycles. The largest absolute Gasteiger partial charge is 0.488 e. The number of hydrogen-bond acceptors (Lipinski definition) is 4. The summed E-state index contributed by atoms with van der Waals surface area (Å²) < 4.78 is 7.87. The van der Waals surface area contributed by atoms with Gasteiger partial charge in [0.2, 0.25) is 0 Å². The molecule has 0 aliphatic heterocycles. The maximum atomic E-state index is 9.71. The van der Waals surface area contributed by atoms with Crippen LogP contribution in [0.5, 0.6) is 5.75 Å². The molecule has 0 spiro atoms. The van der Waals surface area contributed by atoms with E-state index in [-0.39, 0.29) is 0 Å². The van der Waals surface area contributed by atoms with Crippen molar-refractivity contribution in [3.05, 3.63) is 73.8 Å². The highest BCUT2D eigenvalue weighted by Gasteiger charge is 2.22. The number of aryl methyl sites for hydroxylation is 1. The topological polar surface area (TPSA) is 71.9 Å². The summed E-state index contributed by atoms with van der Waals surface area (Å²) >= 11 is 7.07. The molecule has 0 unspecified atom stereocenters. The Hall–Kier alpha value is -2.36. The molecule has 146 valence electrons. The van der Waals surface area contributed by atoms with Gasteiger partial charge in [0.25, 0.3) is 0 Å². The van der Waals surface area contributed by atoms with Crippen LogP contribution in [0.25, 0.3) is 11.1 Å². The van der Waals surface area contributed by atoms with E-state index in [0.29, 0.717) is 18.0 Å². The van der Waals surface area contributed by atoms with Gasteiger partial charge in [-0.05, 0) is 82.6 Å². The molecule has 0 bridgehead atoms. The van der Waals surface area contributed by atoms with Crippen molar-refractivity contribution in [1.82, 2.24) is 4.98 Å². The highest BCUT2D eigenvalue weighted by molar-refractivity contribution is 9.10. The number of hydrogen-bond donors (Lipinski definition) is 1. The van der Waals surface area contributed by atoms with Gasteiger partial charge in [-0.15, -0.1) is 0 Å². The van der Waals surface area contributed by atoms with Gasteiger partial charge < -0.3 is 10.5 Å². The van der Waals surface area contributed by atoms with Gasteiger partial charge in [-0.2, -0.15) is 5.26 Å². The van der Waals surface area contributed by atoms with Crippen LogP contribution in [0, 0.1) is 11.3 Å². The Morgan fingerprint density at radius 2 is 1.83 bits per heavy atom. The molecule has 2 aromatic carbocycles. The fourth-order valence-electron chi connectivity index (χ4n) is 3.71. The first kappa shape index (κ1) is 19.9. The number of benzene rings is 2. The maximum Gasteiger partial charge on any atom is 0.142 e. The summed E-state index contributed by atoms with van der Waals surface area (Å²) in [5.74, 6) is 1.07. The third kappa shape index (κ3) is 4.17. The Kier molecular flexibility index (Phi) is 5.89. The summed E-state index contributed by atoms with van der Waals surface area (Å²) in [6.07, 6.45) is 4.04. The van der Waals surface area contributed by atoms with E-state index in [9.17, 15) is 5.26 Å². The number of anilines is 1. The number of pyridine rings is 1. The van der Waals surface area contributed by atoms with E-state index in [1.807, 2.05) is 42.5 Å². The average Bonchev–Trinajstić information content (AvgIpc) is 2.73. The Morgan fingerprint density at radius 3 is 2.55 bits per heavy atom. The molecule has 1 aromatic heterocycles. The molecule has 1 aliphatic rings. The van der Waals surface area contributed by atoms with Crippen LogP contribution in [0.3, 0.4) is 0 Å². The number of nitrogen functional groups attached to an aromatic ring is 1. The van der Waals surface area contributed by atoms with Gasteiger partial charge in [-0.3, -0.25) is 0 Å². The van der Waals surface area contributed by atoms with E-state index in [4.69, 9.17) is 10.5 Å². The first-order valence-electron chi connectivity index (χ1n) is 9.45. The molecule has 0 fully saturated rings. The number of halogens is 2. The van der Waals surface area contributed by atoms with Crippen LogP contribution in [0.2, 0.25) is 0 Å². The zero-order valence-electron chi connectivity index (χ0n) is 15.7. The van der Waals surface area contributed by atoms with Gasteiger partial charge in [-0.1, -0.05) is 34.1 Å². The second kappa shape index (κ2) is 8.56. The van der Waals surface area contributed by atoms with Crippen molar-refractivity contribution >= 4 is 37.7 Å². The number of fused-ring (bicyclic) bond motifs is 1. The minimum absolute atomic E-state index is 0.315. The summed E-state index contributed by atoms with van der Waals surface area (Å²) in [6, 6.07) is 16.2. The first-order chi connectivity index (χ1) is 14.1. The van der Waals surface area contributed by atoms with E-state index in [0.717, 1.165) is 68.3 Å². The van der Waals surface area contributed by atoms with Gasteiger partial charge in [0.1, 0.15) is 29.8 Å². The Balaban J connectivity index is 1.67. The minimum Gasteiger partial charge on any atom is -0.488 e. The van der Waals surface area contributed by atoms with Crippen molar-refractivity contribution < 1.29 is 4.74 Å². The summed E-state index contributed by atoms with van der Waals surface area (Å²) in [5, 5.41) is 9.71. The molecule has 1 aliphatic carbocycles. The summed E-state index contributed by atoms with van der Waals surface area (Å²) in [7, 11) is 0.